The quantitative estimate of drug-likeness (QED) is 0.427. The predicted molar refractivity (Wildman–Crippen MR) is 96.1 cm³/mol. The normalized spacial score (nSPS) is 13.8. The van der Waals surface area contributed by atoms with Gasteiger partial charge in [-0.3, -0.25) is 5.41 Å². The Kier molecular flexibility index (Phi) is 5.31. The summed E-state index contributed by atoms with van der Waals surface area (Å²) >= 11 is 1.33. The van der Waals surface area contributed by atoms with E-state index in [0.29, 0.717) is 4.88 Å². The molecule has 124 valence electrons. The first kappa shape index (κ1) is 17.6. The fourth-order valence-electron chi connectivity index (χ4n) is 2.25. The van der Waals surface area contributed by atoms with Gasteiger partial charge in [-0.2, -0.15) is 0 Å². The zero-order chi connectivity index (χ0) is 17.9. The van der Waals surface area contributed by atoms with Gasteiger partial charge in [0.1, 0.15) is 5.83 Å². The monoisotopic (exact) mass is 344 g/mol. The summed E-state index contributed by atoms with van der Waals surface area (Å²) in [6, 6.07) is 9.34. The van der Waals surface area contributed by atoms with Crippen molar-refractivity contribution in [3.63, 3.8) is 0 Å². The van der Waals surface area contributed by atoms with Crippen LogP contribution in [0.2, 0.25) is 0 Å². The molecule has 24 heavy (non-hydrogen) atoms. The van der Waals surface area contributed by atoms with Crippen LogP contribution in [0.1, 0.15) is 18.7 Å². The van der Waals surface area contributed by atoms with Gasteiger partial charge in [0, 0.05) is 10.4 Å². The first-order valence-corrected chi connectivity index (χ1v) is 7.98. The third kappa shape index (κ3) is 3.44. The van der Waals surface area contributed by atoms with E-state index in [1.165, 1.54) is 24.3 Å². The van der Waals surface area contributed by atoms with E-state index >= 15 is 0 Å². The number of hydrogen-bond acceptors (Lipinski definition) is 4. The molecule has 4 nitrogen and oxygen atoms in total. The summed E-state index contributed by atoms with van der Waals surface area (Å²) in [6.45, 7) is 3.04. The number of thiophene rings is 1. The second-order valence-corrected chi connectivity index (χ2v) is 6.20. The number of carbonyl (C=O) groups is 1. The molecule has 0 fully saturated rings. The summed E-state index contributed by atoms with van der Waals surface area (Å²) in [5.41, 5.74) is 4.96. The molecule has 0 aliphatic rings. The average molecular weight is 344 g/mol. The van der Waals surface area contributed by atoms with Crippen LogP contribution in [0.4, 0.5) is 4.39 Å². The van der Waals surface area contributed by atoms with Crippen molar-refractivity contribution >= 4 is 33.1 Å². The van der Waals surface area contributed by atoms with Gasteiger partial charge >= 0.3 is 5.97 Å². The number of benzene rings is 1. The van der Waals surface area contributed by atoms with Gasteiger partial charge in [0.25, 0.3) is 0 Å². The number of allylic oxidation sites excluding steroid dienone is 4. The van der Waals surface area contributed by atoms with E-state index < -0.39 is 17.4 Å². The van der Waals surface area contributed by atoms with Crippen LogP contribution >= 0.6 is 11.3 Å². The van der Waals surface area contributed by atoms with Gasteiger partial charge in [0.15, 0.2) is 0 Å². The molecule has 2 aromatic rings. The van der Waals surface area contributed by atoms with Crippen molar-refractivity contribution in [3.05, 3.63) is 70.0 Å². The number of rotatable bonds is 5. The third-order valence-electron chi connectivity index (χ3n) is 3.34. The molecule has 0 aliphatic heterocycles. The van der Waals surface area contributed by atoms with Crippen LogP contribution in [0, 0.1) is 5.41 Å². The lowest BCUT2D eigenvalue weighted by atomic mass is 10.0. The molecule has 1 aromatic carbocycles. The van der Waals surface area contributed by atoms with E-state index in [-0.39, 0.29) is 17.0 Å². The maximum Gasteiger partial charge on any atom is 0.338 e. The molecule has 0 spiro atoms. The van der Waals surface area contributed by atoms with Gasteiger partial charge in [-0.05, 0) is 37.4 Å². The van der Waals surface area contributed by atoms with Gasteiger partial charge < -0.3 is 10.8 Å². The Morgan fingerprint density at radius 3 is 2.58 bits per heavy atom. The van der Waals surface area contributed by atoms with Crippen LogP contribution in [-0.2, 0) is 4.79 Å². The average Bonchev–Trinajstić information content (AvgIpc) is 2.95. The minimum atomic E-state index is -1.41. The second kappa shape index (κ2) is 7.23. The molecule has 0 radical (unpaired) electrons. The number of carboxylic acids is 1. The topological polar surface area (TPSA) is 87.2 Å². The molecule has 0 saturated carbocycles. The third-order valence-corrected chi connectivity index (χ3v) is 4.47. The molecule has 1 aromatic heterocycles. The van der Waals surface area contributed by atoms with E-state index in [1.807, 2.05) is 24.3 Å². The molecule has 0 aliphatic carbocycles. The highest BCUT2D eigenvalue weighted by Gasteiger charge is 2.22. The van der Waals surface area contributed by atoms with Crippen LogP contribution < -0.4 is 5.73 Å². The Bertz CT molecular complexity index is 870. The van der Waals surface area contributed by atoms with Crippen molar-refractivity contribution in [2.24, 2.45) is 5.73 Å². The van der Waals surface area contributed by atoms with Gasteiger partial charge in [-0.15, -0.1) is 11.3 Å². The Morgan fingerprint density at radius 2 is 2.04 bits per heavy atom. The molecule has 0 saturated heterocycles. The summed E-state index contributed by atoms with van der Waals surface area (Å²) in [6.07, 6.45) is 2.58. The molecule has 0 unspecified atom stereocenters. The minimum Gasteiger partial charge on any atom is -0.478 e. The highest BCUT2D eigenvalue weighted by Crippen LogP contribution is 2.30. The number of fused-ring (bicyclic) bond motifs is 1. The van der Waals surface area contributed by atoms with E-state index in [4.69, 9.17) is 11.1 Å². The molecular formula is C18H17FN2O2S. The van der Waals surface area contributed by atoms with Crippen LogP contribution in [-0.4, -0.2) is 16.8 Å². The maximum atomic E-state index is 14.8. The lowest BCUT2D eigenvalue weighted by Crippen LogP contribution is -2.13. The predicted octanol–water partition coefficient (Wildman–Crippen LogP) is 4.39. The van der Waals surface area contributed by atoms with Crippen molar-refractivity contribution < 1.29 is 14.3 Å². The van der Waals surface area contributed by atoms with Gasteiger partial charge in [0.05, 0.1) is 21.7 Å². The molecule has 0 amide bonds. The molecule has 6 heteroatoms. The minimum absolute atomic E-state index is 0.0539. The number of carboxylic acid groups (broad SMARTS) is 1. The molecule has 2 rings (SSSR count). The van der Waals surface area contributed by atoms with Crippen LogP contribution in [0.15, 0.2) is 65.2 Å². The summed E-state index contributed by atoms with van der Waals surface area (Å²) < 4.78 is 15.7. The summed E-state index contributed by atoms with van der Waals surface area (Å²) in [7, 11) is 0. The van der Waals surface area contributed by atoms with Crippen molar-refractivity contribution in [1.29, 1.82) is 5.41 Å². The standard InChI is InChI=1S/C18H17FN2O2S/c1-3-6-12(18(22)23)16(19)15(10(2)20)17(21)14-9-11-7-4-5-8-13(11)24-14/h3-9,21H,20H2,1-2H3,(H,22,23)/b6-3-,15-10-,16-12-,21-17?. The fourth-order valence-corrected chi connectivity index (χ4v) is 3.27. The Morgan fingerprint density at radius 1 is 1.38 bits per heavy atom. The number of halogens is 1. The summed E-state index contributed by atoms with van der Waals surface area (Å²) in [5, 5.41) is 18.5. The van der Waals surface area contributed by atoms with Crippen molar-refractivity contribution in [3.8, 4) is 0 Å². The molecule has 0 bridgehead atoms. The molecule has 4 N–H and O–H groups in total. The Hall–Kier alpha value is -2.73. The van der Waals surface area contributed by atoms with Gasteiger partial charge in [-0.1, -0.05) is 24.3 Å². The first-order chi connectivity index (χ1) is 11.4. The number of hydrogen-bond donors (Lipinski definition) is 3. The first-order valence-electron chi connectivity index (χ1n) is 7.17. The number of aliphatic carboxylic acids is 1. The van der Waals surface area contributed by atoms with Crippen molar-refractivity contribution in [2.75, 3.05) is 0 Å². The SMILES string of the molecule is C\C=C/C(C(=O)O)=C(F)\C(C(=N)c1cc2ccccc2s1)=C(/C)N. The van der Waals surface area contributed by atoms with E-state index in [9.17, 15) is 14.3 Å². The zero-order valence-electron chi connectivity index (χ0n) is 13.3. The van der Waals surface area contributed by atoms with Crippen LogP contribution in [0.3, 0.4) is 0 Å². The maximum absolute atomic E-state index is 14.8. The largest absolute Gasteiger partial charge is 0.478 e. The van der Waals surface area contributed by atoms with E-state index in [0.717, 1.165) is 16.2 Å². The smallest absolute Gasteiger partial charge is 0.338 e. The second-order valence-electron chi connectivity index (χ2n) is 5.11. The van der Waals surface area contributed by atoms with Gasteiger partial charge in [-0.25, -0.2) is 9.18 Å². The summed E-state index contributed by atoms with van der Waals surface area (Å²) in [5.74, 6) is -2.42. The molecular weight excluding hydrogens is 327 g/mol. The summed E-state index contributed by atoms with van der Waals surface area (Å²) in [4.78, 5) is 11.8. The Balaban J connectivity index is 2.59. The lowest BCUT2D eigenvalue weighted by Gasteiger charge is -2.10. The molecule has 0 atom stereocenters. The van der Waals surface area contributed by atoms with Crippen LogP contribution in [0.5, 0.6) is 0 Å². The highest BCUT2D eigenvalue weighted by molar-refractivity contribution is 7.21. The Labute approximate surface area is 142 Å². The molecule has 1 heterocycles. The van der Waals surface area contributed by atoms with Crippen molar-refractivity contribution in [2.45, 2.75) is 13.8 Å². The number of nitrogens with two attached hydrogens (primary N) is 1. The number of nitrogens with one attached hydrogen (secondary N) is 1. The van der Waals surface area contributed by atoms with Crippen molar-refractivity contribution in [1.82, 2.24) is 0 Å². The van der Waals surface area contributed by atoms with Crippen LogP contribution in [0.25, 0.3) is 10.1 Å². The van der Waals surface area contributed by atoms with Gasteiger partial charge in [0.2, 0.25) is 0 Å². The lowest BCUT2D eigenvalue weighted by molar-refractivity contribution is -0.132. The fraction of sp³-hybridized carbons (Fsp3) is 0.111. The zero-order valence-corrected chi connectivity index (χ0v) is 14.1. The highest BCUT2D eigenvalue weighted by atomic mass is 32.1. The van der Waals surface area contributed by atoms with E-state index in [2.05, 4.69) is 0 Å². The van der Waals surface area contributed by atoms with E-state index in [1.54, 1.807) is 13.0 Å².